The van der Waals surface area contributed by atoms with Gasteiger partial charge in [0.2, 0.25) is 0 Å². The van der Waals surface area contributed by atoms with Gasteiger partial charge in [-0.1, -0.05) is 23.8 Å². The number of ether oxygens (including phenoxy) is 1. The SMILES string of the molecule is Cc1ccc(C(=O)OCCNc2[nH+]c3cc(C)cc(C)c3cc2C#N)cc1. The fourth-order valence-electron chi connectivity index (χ4n) is 3.01. The molecule has 1 aromatic heterocycles. The zero-order chi connectivity index (χ0) is 19.4. The molecular formula is C22H22N3O2+. The largest absolute Gasteiger partial charge is 0.458 e. The van der Waals surface area contributed by atoms with Crippen LogP contribution in [-0.4, -0.2) is 19.1 Å². The summed E-state index contributed by atoms with van der Waals surface area (Å²) in [4.78, 5) is 15.3. The number of nitriles is 1. The Balaban J connectivity index is 1.67. The molecule has 0 aliphatic rings. The van der Waals surface area contributed by atoms with Gasteiger partial charge >= 0.3 is 5.97 Å². The number of rotatable bonds is 5. The molecule has 27 heavy (non-hydrogen) atoms. The van der Waals surface area contributed by atoms with Crippen molar-refractivity contribution in [3.05, 3.63) is 70.3 Å². The number of hydrogen-bond acceptors (Lipinski definition) is 4. The Morgan fingerprint density at radius 2 is 1.85 bits per heavy atom. The highest BCUT2D eigenvalue weighted by Gasteiger charge is 2.14. The third-order valence-electron chi connectivity index (χ3n) is 4.39. The Labute approximate surface area is 158 Å². The molecule has 0 atom stereocenters. The molecule has 5 nitrogen and oxygen atoms in total. The molecule has 2 N–H and O–H groups in total. The van der Waals surface area contributed by atoms with E-state index in [0.29, 0.717) is 23.5 Å². The number of nitrogens with zero attached hydrogens (tertiary/aromatic N) is 1. The van der Waals surface area contributed by atoms with E-state index in [-0.39, 0.29) is 12.6 Å². The molecule has 3 aromatic rings. The van der Waals surface area contributed by atoms with E-state index in [1.807, 2.05) is 45.0 Å². The number of carbonyl (C=O) groups is 1. The van der Waals surface area contributed by atoms with Crippen LogP contribution in [0.1, 0.15) is 32.6 Å². The number of aryl methyl sites for hydroxylation is 3. The van der Waals surface area contributed by atoms with Crippen LogP contribution in [-0.2, 0) is 4.74 Å². The Bertz CT molecular complexity index is 1030. The van der Waals surface area contributed by atoms with Gasteiger partial charge in [0.05, 0.1) is 5.56 Å². The molecule has 2 aromatic carbocycles. The van der Waals surface area contributed by atoms with E-state index in [1.54, 1.807) is 12.1 Å². The van der Waals surface area contributed by atoms with E-state index in [0.717, 1.165) is 27.6 Å². The third kappa shape index (κ3) is 4.24. The molecule has 0 unspecified atom stereocenters. The predicted octanol–water partition coefficient (Wildman–Crippen LogP) is 3.72. The van der Waals surface area contributed by atoms with Crippen molar-refractivity contribution in [1.29, 1.82) is 5.26 Å². The molecule has 0 aliphatic carbocycles. The van der Waals surface area contributed by atoms with E-state index in [2.05, 4.69) is 22.4 Å². The standard InChI is InChI=1S/C22H21N3O2/c1-14-4-6-17(7-5-14)22(26)27-9-8-24-21-18(13-23)12-19-16(3)10-15(2)11-20(19)25-21/h4-7,10-12H,8-9H2,1-3H3,(H,24,25)/p+1. The van der Waals surface area contributed by atoms with Crippen LogP contribution in [0.5, 0.6) is 0 Å². The Morgan fingerprint density at radius 3 is 2.56 bits per heavy atom. The van der Waals surface area contributed by atoms with E-state index in [9.17, 15) is 10.1 Å². The second-order valence-electron chi connectivity index (χ2n) is 6.64. The van der Waals surface area contributed by atoms with E-state index in [1.165, 1.54) is 0 Å². The average molecular weight is 360 g/mol. The number of carbonyl (C=O) groups excluding carboxylic acids is 1. The first-order valence-corrected chi connectivity index (χ1v) is 8.83. The smallest absolute Gasteiger partial charge is 0.338 e. The number of aromatic nitrogens is 1. The number of pyridine rings is 1. The van der Waals surface area contributed by atoms with Crippen LogP contribution in [0.25, 0.3) is 10.9 Å². The van der Waals surface area contributed by atoms with Crippen LogP contribution in [0.15, 0.2) is 42.5 Å². The topological polar surface area (TPSA) is 76.3 Å². The molecule has 1 heterocycles. The fourth-order valence-corrected chi connectivity index (χ4v) is 3.01. The van der Waals surface area contributed by atoms with Crippen molar-refractivity contribution in [1.82, 2.24) is 0 Å². The highest BCUT2D eigenvalue weighted by Crippen LogP contribution is 2.21. The maximum atomic E-state index is 12.0. The van der Waals surface area contributed by atoms with Gasteiger partial charge in [0.1, 0.15) is 30.3 Å². The second-order valence-corrected chi connectivity index (χ2v) is 6.64. The normalized spacial score (nSPS) is 10.4. The van der Waals surface area contributed by atoms with Gasteiger partial charge in [-0.3, -0.25) is 5.32 Å². The Hall–Kier alpha value is -3.39. The van der Waals surface area contributed by atoms with E-state index in [4.69, 9.17) is 4.74 Å². The minimum atomic E-state index is -0.356. The number of hydrogen-bond donors (Lipinski definition) is 1. The zero-order valence-corrected chi connectivity index (χ0v) is 15.7. The molecule has 0 aliphatic heterocycles. The van der Waals surface area contributed by atoms with Crippen molar-refractivity contribution < 1.29 is 14.5 Å². The first kappa shape index (κ1) is 18.4. The second kappa shape index (κ2) is 7.88. The lowest BCUT2D eigenvalue weighted by Gasteiger charge is -2.07. The van der Waals surface area contributed by atoms with Gasteiger partial charge in [0.15, 0.2) is 0 Å². The van der Waals surface area contributed by atoms with Gasteiger partial charge in [0.25, 0.3) is 5.82 Å². The predicted molar refractivity (Wildman–Crippen MR) is 105 cm³/mol. The maximum absolute atomic E-state index is 12.0. The fraction of sp³-hybridized carbons (Fsp3) is 0.227. The number of aromatic amines is 1. The highest BCUT2D eigenvalue weighted by molar-refractivity contribution is 5.89. The van der Waals surface area contributed by atoms with Crippen LogP contribution in [0.4, 0.5) is 5.82 Å². The van der Waals surface area contributed by atoms with E-state index < -0.39 is 0 Å². The minimum absolute atomic E-state index is 0.205. The van der Waals surface area contributed by atoms with Crippen molar-refractivity contribution in [3.8, 4) is 6.07 Å². The molecule has 5 heteroatoms. The molecule has 0 spiro atoms. The monoisotopic (exact) mass is 360 g/mol. The third-order valence-corrected chi connectivity index (χ3v) is 4.39. The summed E-state index contributed by atoms with van der Waals surface area (Å²) in [7, 11) is 0. The van der Waals surface area contributed by atoms with Gasteiger partial charge in [-0.15, -0.1) is 0 Å². The van der Waals surface area contributed by atoms with Gasteiger partial charge < -0.3 is 4.74 Å². The van der Waals surface area contributed by atoms with Crippen LogP contribution >= 0.6 is 0 Å². The molecule has 0 saturated heterocycles. The lowest BCUT2D eigenvalue weighted by molar-refractivity contribution is -0.327. The van der Waals surface area contributed by atoms with Crippen LogP contribution in [0.2, 0.25) is 0 Å². The number of esters is 1. The molecule has 3 rings (SSSR count). The summed E-state index contributed by atoms with van der Waals surface area (Å²) >= 11 is 0. The number of benzene rings is 2. The highest BCUT2D eigenvalue weighted by atomic mass is 16.5. The van der Waals surface area contributed by atoms with E-state index >= 15 is 0 Å². The van der Waals surface area contributed by atoms with Crippen LogP contribution < -0.4 is 10.3 Å². The summed E-state index contributed by atoms with van der Waals surface area (Å²) in [5.41, 5.74) is 5.39. The average Bonchev–Trinajstić information content (AvgIpc) is 2.65. The molecule has 0 amide bonds. The minimum Gasteiger partial charge on any atom is -0.458 e. The molecule has 0 fully saturated rings. The van der Waals surface area contributed by atoms with Gasteiger partial charge in [0, 0.05) is 5.39 Å². The number of H-pyrrole nitrogens is 1. The molecule has 0 saturated carbocycles. The summed E-state index contributed by atoms with van der Waals surface area (Å²) < 4.78 is 5.29. The molecule has 0 bridgehead atoms. The van der Waals surface area contributed by atoms with Crippen LogP contribution in [0.3, 0.4) is 0 Å². The zero-order valence-electron chi connectivity index (χ0n) is 15.7. The summed E-state index contributed by atoms with van der Waals surface area (Å²) in [5.74, 6) is 0.271. The summed E-state index contributed by atoms with van der Waals surface area (Å²) in [6.45, 7) is 6.64. The van der Waals surface area contributed by atoms with Crippen molar-refractivity contribution >= 4 is 22.7 Å². The summed E-state index contributed by atoms with van der Waals surface area (Å²) in [6, 6.07) is 15.5. The van der Waals surface area contributed by atoms with Gasteiger partial charge in [-0.25, -0.2) is 9.78 Å². The maximum Gasteiger partial charge on any atom is 0.338 e. The number of fused-ring (bicyclic) bond motifs is 1. The Kier molecular flexibility index (Phi) is 5.37. The summed E-state index contributed by atoms with van der Waals surface area (Å²) in [5, 5.41) is 13.6. The van der Waals surface area contributed by atoms with Gasteiger partial charge in [-0.2, -0.15) is 5.26 Å². The quantitative estimate of drug-likeness (QED) is 0.556. The van der Waals surface area contributed by atoms with Gasteiger partial charge in [-0.05, 0) is 56.2 Å². The van der Waals surface area contributed by atoms with Crippen molar-refractivity contribution in [2.75, 3.05) is 18.5 Å². The lowest BCUT2D eigenvalue weighted by Crippen LogP contribution is -2.20. The Morgan fingerprint density at radius 1 is 1.11 bits per heavy atom. The first-order chi connectivity index (χ1) is 13.0. The van der Waals surface area contributed by atoms with Crippen molar-refractivity contribution in [3.63, 3.8) is 0 Å². The molecular weight excluding hydrogens is 338 g/mol. The van der Waals surface area contributed by atoms with Crippen LogP contribution in [0, 0.1) is 32.1 Å². The molecule has 0 radical (unpaired) electrons. The lowest BCUT2D eigenvalue weighted by atomic mass is 10.0. The number of nitrogens with one attached hydrogen (secondary N) is 2. The summed E-state index contributed by atoms with van der Waals surface area (Å²) in [6.07, 6.45) is 0. The number of anilines is 1. The van der Waals surface area contributed by atoms with Crippen molar-refractivity contribution in [2.45, 2.75) is 20.8 Å². The molecule has 136 valence electrons. The first-order valence-electron chi connectivity index (χ1n) is 8.83. The van der Waals surface area contributed by atoms with Crippen molar-refractivity contribution in [2.24, 2.45) is 0 Å².